The summed E-state index contributed by atoms with van der Waals surface area (Å²) >= 11 is 0. The molecule has 0 aliphatic carbocycles. The summed E-state index contributed by atoms with van der Waals surface area (Å²) in [6, 6.07) is 0. The molecule has 0 heterocycles. The van der Waals surface area contributed by atoms with E-state index in [1.54, 1.807) is 0 Å². The van der Waals surface area contributed by atoms with Crippen molar-refractivity contribution in [1.29, 1.82) is 0 Å². The lowest BCUT2D eigenvalue weighted by molar-refractivity contribution is -0.135. The lowest BCUT2D eigenvalue weighted by atomic mass is 10.6. The van der Waals surface area contributed by atoms with Crippen LogP contribution in [0, 0.1) is 0 Å². The molecule has 4 heteroatoms. The number of rotatable bonds is 4. The maximum absolute atomic E-state index is 11.2. The van der Waals surface area contributed by atoms with Crippen LogP contribution in [-0.4, -0.2) is 30.8 Å². The minimum Gasteiger partial charge on any atom is -0.480 e. The SMILES string of the molecule is O=C(O)CNCCF. The third-order valence-electron chi connectivity index (χ3n) is 0.547. The van der Waals surface area contributed by atoms with Gasteiger partial charge in [-0.05, 0) is 0 Å². The normalized spacial score (nSPS) is 9.12. The molecule has 0 aromatic rings. The molecule has 48 valence electrons. The fourth-order valence-electron chi connectivity index (χ4n) is 0.262. The van der Waals surface area contributed by atoms with Crippen LogP contribution in [-0.2, 0) is 4.79 Å². The minimum absolute atomic E-state index is 0.117. The summed E-state index contributed by atoms with van der Waals surface area (Å²) in [6.07, 6.45) is 0. The van der Waals surface area contributed by atoms with Gasteiger partial charge >= 0.3 is 5.97 Å². The van der Waals surface area contributed by atoms with Crippen LogP contribution in [0.1, 0.15) is 0 Å². The number of carbonyl (C=O) groups is 1. The van der Waals surface area contributed by atoms with Crippen molar-refractivity contribution in [1.82, 2.24) is 5.32 Å². The van der Waals surface area contributed by atoms with Gasteiger partial charge in [-0.3, -0.25) is 4.79 Å². The molecule has 8 heavy (non-hydrogen) atoms. The largest absolute Gasteiger partial charge is 0.480 e. The van der Waals surface area contributed by atoms with E-state index in [4.69, 9.17) is 5.11 Å². The third kappa shape index (κ3) is 5.36. The zero-order valence-corrected chi connectivity index (χ0v) is 4.35. The molecule has 0 saturated heterocycles. The molecule has 0 radical (unpaired) electrons. The Kier molecular flexibility index (Phi) is 4.16. The first kappa shape index (κ1) is 7.36. The summed E-state index contributed by atoms with van der Waals surface area (Å²) in [5.41, 5.74) is 0. The first-order valence-corrected chi connectivity index (χ1v) is 2.26. The summed E-state index contributed by atoms with van der Waals surface area (Å²) in [6.45, 7) is -0.566. The van der Waals surface area contributed by atoms with E-state index in [-0.39, 0.29) is 13.1 Å². The third-order valence-corrected chi connectivity index (χ3v) is 0.547. The Morgan fingerprint density at radius 3 is 2.75 bits per heavy atom. The van der Waals surface area contributed by atoms with Gasteiger partial charge < -0.3 is 10.4 Å². The lowest BCUT2D eigenvalue weighted by Gasteiger charge is -1.92. The number of halogens is 1. The Morgan fingerprint density at radius 2 is 2.38 bits per heavy atom. The van der Waals surface area contributed by atoms with Gasteiger partial charge in [0.1, 0.15) is 6.67 Å². The molecule has 0 spiro atoms. The molecule has 3 nitrogen and oxygen atoms in total. The molecular weight excluding hydrogens is 113 g/mol. The second kappa shape index (κ2) is 4.52. The summed E-state index contributed by atoms with van der Waals surface area (Å²) in [4.78, 5) is 9.69. The van der Waals surface area contributed by atoms with Gasteiger partial charge in [-0.1, -0.05) is 0 Å². The van der Waals surface area contributed by atoms with Gasteiger partial charge in [0.2, 0.25) is 0 Å². The highest BCUT2D eigenvalue weighted by atomic mass is 19.1. The Labute approximate surface area is 46.5 Å². The summed E-state index contributed by atoms with van der Waals surface area (Å²) in [5, 5.41) is 10.3. The van der Waals surface area contributed by atoms with Gasteiger partial charge in [0.05, 0.1) is 6.54 Å². The van der Waals surface area contributed by atoms with Gasteiger partial charge in [0.25, 0.3) is 0 Å². The van der Waals surface area contributed by atoms with Gasteiger partial charge in [0, 0.05) is 6.54 Å². The van der Waals surface area contributed by atoms with E-state index in [2.05, 4.69) is 5.32 Å². The van der Waals surface area contributed by atoms with Crippen LogP contribution >= 0.6 is 0 Å². The van der Waals surface area contributed by atoms with E-state index in [9.17, 15) is 9.18 Å². The minimum atomic E-state index is -0.960. The number of carboxylic acids is 1. The van der Waals surface area contributed by atoms with Gasteiger partial charge in [-0.2, -0.15) is 0 Å². The Bertz CT molecular complexity index is 76.4. The standard InChI is InChI=1S/C4H8FNO2/c5-1-2-6-3-4(7)8/h6H,1-3H2,(H,7,8). The van der Waals surface area contributed by atoms with Crippen molar-refractivity contribution in [2.24, 2.45) is 0 Å². The smallest absolute Gasteiger partial charge is 0.317 e. The van der Waals surface area contributed by atoms with E-state index in [1.165, 1.54) is 0 Å². The molecule has 0 saturated carbocycles. The summed E-state index contributed by atoms with van der Waals surface area (Å²) in [5.74, 6) is -0.960. The molecule has 0 aliphatic rings. The zero-order chi connectivity index (χ0) is 6.41. The summed E-state index contributed by atoms with van der Waals surface area (Å²) < 4.78 is 11.2. The molecule has 0 rings (SSSR count). The Morgan fingerprint density at radius 1 is 1.75 bits per heavy atom. The fourth-order valence-corrected chi connectivity index (χ4v) is 0.262. The number of alkyl halides is 1. The van der Waals surface area contributed by atoms with Crippen molar-refractivity contribution in [2.75, 3.05) is 19.8 Å². The molecule has 0 amide bonds. The molecule has 0 aromatic carbocycles. The van der Waals surface area contributed by atoms with Crippen molar-refractivity contribution < 1.29 is 14.3 Å². The Balaban J connectivity index is 2.82. The predicted octanol–water partition coefficient (Wildman–Crippen LogP) is -0.370. The first-order chi connectivity index (χ1) is 3.77. The molecule has 0 atom stereocenters. The Hall–Kier alpha value is -0.640. The average molecular weight is 121 g/mol. The fraction of sp³-hybridized carbons (Fsp3) is 0.750. The molecule has 2 N–H and O–H groups in total. The van der Waals surface area contributed by atoms with Crippen LogP contribution in [0.4, 0.5) is 4.39 Å². The maximum atomic E-state index is 11.2. The molecule has 0 aromatic heterocycles. The zero-order valence-electron chi connectivity index (χ0n) is 4.35. The summed E-state index contributed by atoms with van der Waals surface area (Å²) in [7, 11) is 0. The van der Waals surface area contributed by atoms with Crippen LogP contribution < -0.4 is 5.32 Å². The monoisotopic (exact) mass is 121 g/mol. The van der Waals surface area contributed by atoms with Crippen LogP contribution in [0.5, 0.6) is 0 Å². The highest BCUT2D eigenvalue weighted by molar-refractivity contribution is 5.68. The first-order valence-electron chi connectivity index (χ1n) is 2.26. The molecular formula is C4H8FNO2. The van der Waals surface area contributed by atoms with E-state index in [1.807, 2.05) is 0 Å². The quantitative estimate of drug-likeness (QED) is 0.499. The van der Waals surface area contributed by atoms with Crippen molar-refractivity contribution in [3.8, 4) is 0 Å². The van der Waals surface area contributed by atoms with Crippen LogP contribution in [0.2, 0.25) is 0 Å². The van der Waals surface area contributed by atoms with Crippen molar-refractivity contribution in [3.63, 3.8) is 0 Å². The van der Waals surface area contributed by atoms with E-state index in [0.29, 0.717) is 0 Å². The highest BCUT2D eigenvalue weighted by Gasteiger charge is 1.91. The van der Waals surface area contributed by atoms with Crippen molar-refractivity contribution >= 4 is 5.97 Å². The highest BCUT2D eigenvalue weighted by Crippen LogP contribution is 1.62. The van der Waals surface area contributed by atoms with Crippen molar-refractivity contribution in [3.05, 3.63) is 0 Å². The van der Waals surface area contributed by atoms with Crippen LogP contribution in [0.25, 0.3) is 0 Å². The average Bonchev–Trinajstić information content (AvgIpc) is 1.66. The lowest BCUT2D eigenvalue weighted by Crippen LogP contribution is -2.24. The second-order valence-corrected chi connectivity index (χ2v) is 1.26. The van der Waals surface area contributed by atoms with Gasteiger partial charge in [-0.25, -0.2) is 4.39 Å². The molecule has 0 aliphatic heterocycles. The number of aliphatic carboxylic acids is 1. The van der Waals surface area contributed by atoms with Gasteiger partial charge in [0.15, 0.2) is 0 Å². The van der Waals surface area contributed by atoms with E-state index < -0.39 is 12.6 Å². The predicted molar refractivity (Wildman–Crippen MR) is 26.5 cm³/mol. The second-order valence-electron chi connectivity index (χ2n) is 1.26. The number of hydrogen-bond acceptors (Lipinski definition) is 2. The van der Waals surface area contributed by atoms with Crippen LogP contribution in [0.15, 0.2) is 0 Å². The van der Waals surface area contributed by atoms with Crippen molar-refractivity contribution in [2.45, 2.75) is 0 Å². The molecule has 0 bridgehead atoms. The number of carboxylic acid groups (broad SMARTS) is 1. The van der Waals surface area contributed by atoms with Gasteiger partial charge in [-0.15, -0.1) is 0 Å². The van der Waals surface area contributed by atoms with Crippen LogP contribution in [0.3, 0.4) is 0 Å². The number of nitrogens with one attached hydrogen (secondary N) is 1. The topological polar surface area (TPSA) is 49.3 Å². The van der Waals surface area contributed by atoms with E-state index >= 15 is 0 Å². The van der Waals surface area contributed by atoms with E-state index in [0.717, 1.165) is 0 Å². The number of hydrogen-bond donors (Lipinski definition) is 2. The molecule has 0 fully saturated rings. The maximum Gasteiger partial charge on any atom is 0.317 e. The molecule has 0 unspecified atom stereocenters.